The Hall–Kier alpha value is -0.410. The van der Waals surface area contributed by atoms with Crippen molar-refractivity contribution in [2.45, 2.75) is 104 Å². The lowest BCUT2D eigenvalue weighted by Gasteiger charge is -2.60. The van der Waals surface area contributed by atoms with Gasteiger partial charge in [0.1, 0.15) is 5.78 Å². The summed E-state index contributed by atoms with van der Waals surface area (Å²) in [5.41, 5.74) is 0.820. The van der Waals surface area contributed by atoms with Gasteiger partial charge in [-0.1, -0.05) is 27.7 Å². The highest BCUT2D eigenvalue weighted by molar-refractivity contribution is 5.79. The van der Waals surface area contributed by atoms with Crippen molar-refractivity contribution in [3.8, 4) is 0 Å². The van der Waals surface area contributed by atoms with Gasteiger partial charge in [-0.3, -0.25) is 4.79 Å². The van der Waals surface area contributed by atoms with E-state index in [-0.39, 0.29) is 5.79 Å². The first-order valence-corrected chi connectivity index (χ1v) is 13.1. The van der Waals surface area contributed by atoms with E-state index in [1.807, 2.05) is 0 Å². The Labute approximate surface area is 183 Å². The average molecular weight is 415 g/mol. The van der Waals surface area contributed by atoms with Gasteiger partial charge in [0.2, 0.25) is 0 Å². The Morgan fingerprint density at radius 2 is 1.77 bits per heavy atom. The van der Waals surface area contributed by atoms with Crippen molar-refractivity contribution in [1.82, 2.24) is 0 Å². The van der Waals surface area contributed by atoms with Crippen molar-refractivity contribution < 1.29 is 14.3 Å². The maximum absolute atomic E-state index is 12.2. The fraction of sp³-hybridized carbons (Fsp3) is 0.963. The first kappa shape index (κ1) is 20.2. The van der Waals surface area contributed by atoms with Crippen LogP contribution >= 0.6 is 0 Å². The maximum atomic E-state index is 12.2. The van der Waals surface area contributed by atoms with E-state index in [0.29, 0.717) is 46.4 Å². The Balaban J connectivity index is 1.26. The van der Waals surface area contributed by atoms with Gasteiger partial charge in [-0.25, -0.2) is 0 Å². The standard InChI is InChI=1S/C27H42O3/c1-16-7-12-27(29-15-16)17(2)24-23(30-27)14-22-20-6-5-18-13-19(28)8-10-25(18,3)21(20)9-11-26(22,24)4/h16-18,20-24H,5-15H2,1-4H3/t16?,17-,18?,20+,21-,22-,23-,24-,25-,26-,27+/m0/s1. The molecule has 0 amide bonds. The molecule has 0 aromatic rings. The van der Waals surface area contributed by atoms with Crippen molar-refractivity contribution in [3.05, 3.63) is 0 Å². The summed E-state index contributed by atoms with van der Waals surface area (Å²) < 4.78 is 13.4. The van der Waals surface area contributed by atoms with Crippen LogP contribution in [0.5, 0.6) is 0 Å². The molecule has 0 N–H and O–H groups in total. The maximum Gasteiger partial charge on any atom is 0.171 e. The molecule has 168 valence electrons. The minimum absolute atomic E-state index is 0.292. The zero-order valence-corrected chi connectivity index (χ0v) is 19.6. The van der Waals surface area contributed by atoms with Gasteiger partial charge in [0.05, 0.1) is 12.7 Å². The molecular weight excluding hydrogens is 372 g/mol. The van der Waals surface area contributed by atoms with E-state index in [4.69, 9.17) is 9.47 Å². The second kappa shape index (κ2) is 6.56. The molecule has 0 aromatic heterocycles. The average Bonchev–Trinajstić information content (AvgIpc) is 3.16. The Bertz CT molecular complexity index is 724. The number of hydrogen-bond acceptors (Lipinski definition) is 3. The van der Waals surface area contributed by atoms with Crippen molar-refractivity contribution in [2.24, 2.45) is 52.3 Å². The van der Waals surface area contributed by atoms with Crippen molar-refractivity contribution >= 4 is 5.78 Å². The SMILES string of the molecule is CC1CC[C@@]2(OC1)O[C@H]1C[C@H]3[C@@H]4CCC5CC(=O)CC[C@]5(C)[C@H]4CC[C@]3(C)[C@H]1[C@@H]2C. The number of ketones is 1. The van der Waals surface area contributed by atoms with Crippen LogP contribution < -0.4 is 0 Å². The van der Waals surface area contributed by atoms with Gasteiger partial charge in [-0.2, -0.15) is 0 Å². The van der Waals surface area contributed by atoms with Crippen LogP contribution in [0.2, 0.25) is 0 Å². The van der Waals surface area contributed by atoms with Crippen LogP contribution in [0.4, 0.5) is 0 Å². The summed E-state index contributed by atoms with van der Waals surface area (Å²) >= 11 is 0. The van der Waals surface area contributed by atoms with Crippen LogP contribution in [-0.2, 0) is 14.3 Å². The highest BCUT2D eigenvalue weighted by atomic mass is 16.7. The molecule has 0 aromatic carbocycles. The van der Waals surface area contributed by atoms with E-state index < -0.39 is 0 Å². The molecule has 2 saturated heterocycles. The molecule has 11 atom stereocenters. The first-order valence-electron chi connectivity index (χ1n) is 13.1. The number of hydrogen-bond donors (Lipinski definition) is 0. The van der Waals surface area contributed by atoms with Crippen LogP contribution in [0.1, 0.15) is 91.9 Å². The smallest absolute Gasteiger partial charge is 0.171 e. The van der Waals surface area contributed by atoms with Gasteiger partial charge >= 0.3 is 0 Å². The Morgan fingerprint density at radius 1 is 0.933 bits per heavy atom. The number of carbonyl (C=O) groups is 1. The third-order valence-corrected chi connectivity index (χ3v) is 11.7. The summed E-state index contributed by atoms with van der Waals surface area (Å²) in [6, 6.07) is 0. The molecule has 3 heteroatoms. The quantitative estimate of drug-likeness (QED) is 0.487. The van der Waals surface area contributed by atoms with E-state index in [1.54, 1.807) is 0 Å². The van der Waals surface area contributed by atoms with Crippen LogP contribution in [0.25, 0.3) is 0 Å². The molecule has 4 saturated carbocycles. The van der Waals surface area contributed by atoms with Gasteiger partial charge in [0, 0.05) is 25.2 Å². The highest BCUT2D eigenvalue weighted by Crippen LogP contribution is 2.71. The zero-order chi connectivity index (χ0) is 20.9. The van der Waals surface area contributed by atoms with Crippen LogP contribution in [-0.4, -0.2) is 24.3 Å². The molecular formula is C27H42O3. The predicted molar refractivity (Wildman–Crippen MR) is 117 cm³/mol. The fourth-order valence-corrected chi connectivity index (χ4v) is 10.1. The normalized spacial score (nSPS) is 60.1. The van der Waals surface area contributed by atoms with Gasteiger partial charge in [0.15, 0.2) is 5.79 Å². The monoisotopic (exact) mass is 414 g/mol. The lowest BCUT2D eigenvalue weighted by atomic mass is 9.44. The fourth-order valence-electron chi connectivity index (χ4n) is 10.1. The van der Waals surface area contributed by atoms with Gasteiger partial charge < -0.3 is 9.47 Å². The largest absolute Gasteiger partial charge is 0.349 e. The number of rotatable bonds is 0. The molecule has 6 aliphatic rings. The summed E-state index contributed by atoms with van der Waals surface area (Å²) in [6.45, 7) is 10.8. The highest BCUT2D eigenvalue weighted by Gasteiger charge is 2.69. The van der Waals surface area contributed by atoms with Crippen LogP contribution in [0, 0.1) is 52.3 Å². The second-order valence-electron chi connectivity index (χ2n) is 12.9. The first-order chi connectivity index (χ1) is 14.3. The number of ether oxygens (including phenoxy) is 2. The third kappa shape index (κ3) is 2.54. The predicted octanol–water partition coefficient (Wildman–Crippen LogP) is 6.00. The van der Waals surface area contributed by atoms with E-state index in [2.05, 4.69) is 27.7 Å². The topological polar surface area (TPSA) is 35.5 Å². The lowest BCUT2D eigenvalue weighted by molar-refractivity contribution is -0.273. The zero-order valence-electron chi connectivity index (χ0n) is 19.6. The van der Waals surface area contributed by atoms with Crippen molar-refractivity contribution in [3.63, 3.8) is 0 Å². The summed E-state index contributed by atoms with van der Waals surface area (Å²) in [4.78, 5) is 12.2. The molecule has 4 aliphatic carbocycles. The van der Waals surface area contributed by atoms with E-state index >= 15 is 0 Å². The number of carbonyl (C=O) groups excluding carboxylic acids is 1. The van der Waals surface area contributed by atoms with Crippen molar-refractivity contribution in [1.29, 1.82) is 0 Å². The van der Waals surface area contributed by atoms with Crippen LogP contribution in [0.15, 0.2) is 0 Å². The summed E-state index contributed by atoms with van der Waals surface area (Å²) in [6.07, 6.45) is 12.2. The Kier molecular flexibility index (Phi) is 4.42. The minimum atomic E-state index is -0.292. The molecule has 6 rings (SSSR count). The number of Topliss-reactive ketones (excluding diaryl/α,β-unsaturated/α-hetero) is 1. The molecule has 3 nitrogen and oxygen atoms in total. The second-order valence-corrected chi connectivity index (χ2v) is 12.9. The molecule has 30 heavy (non-hydrogen) atoms. The molecule has 2 aliphatic heterocycles. The molecule has 2 heterocycles. The van der Waals surface area contributed by atoms with E-state index in [9.17, 15) is 4.79 Å². The molecule has 2 unspecified atom stereocenters. The van der Waals surface area contributed by atoms with E-state index in [1.165, 1.54) is 38.5 Å². The van der Waals surface area contributed by atoms with E-state index in [0.717, 1.165) is 50.0 Å². The van der Waals surface area contributed by atoms with Gasteiger partial charge in [0.25, 0.3) is 0 Å². The summed E-state index contributed by atoms with van der Waals surface area (Å²) in [5, 5.41) is 0. The number of fused-ring (bicyclic) bond motifs is 7. The molecule has 1 spiro atoms. The Morgan fingerprint density at radius 3 is 2.53 bits per heavy atom. The summed E-state index contributed by atoms with van der Waals surface area (Å²) in [7, 11) is 0. The van der Waals surface area contributed by atoms with Gasteiger partial charge in [-0.05, 0) is 91.3 Å². The third-order valence-electron chi connectivity index (χ3n) is 11.7. The molecule has 0 bridgehead atoms. The van der Waals surface area contributed by atoms with Crippen LogP contribution in [0.3, 0.4) is 0 Å². The van der Waals surface area contributed by atoms with Gasteiger partial charge in [-0.15, -0.1) is 0 Å². The minimum Gasteiger partial charge on any atom is -0.349 e. The summed E-state index contributed by atoms with van der Waals surface area (Å²) in [5.74, 6) is 5.23. The molecule has 0 radical (unpaired) electrons. The van der Waals surface area contributed by atoms with Crippen molar-refractivity contribution in [2.75, 3.05) is 6.61 Å². The lowest BCUT2D eigenvalue weighted by Crippen LogP contribution is -2.54. The molecule has 6 fully saturated rings.